The van der Waals surface area contributed by atoms with E-state index in [1.807, 2.05) is 6.92 Å². The van der Waals surface area contributed by atoms with Gasteiger partial charge in [0.1, 0.15) is 0 Å². The SMILES string of the molecule is CCC(O)C1CCOC(C)C1. The molecule has 1 rings (SSSR count). The van der Waals surface area contributed by atoms with Crippen LogP contribution in [0.4, 0.5) is 0 Å². The van der Waals surface area contributed by atoms with Gasteiger partial charge in [-0.05, 0) is 32.1 Å². The van der Waals surface area contributed by atoms with Crippen LogP contribution in [0.3, 0.4) is 0 Å². The molecule has 1 heterocycles. The van der Waals surface area contributed by atoms with E-state index in [1.54, 1.807) is 0 Å². The molecule has 0 bridgehead atoms. The number of aliphatic hydroxyl groups is 1. The van der Waals surface area contributed by atoms with E-state index in [1.165, 1.54) is 0 Å². The van der Waals surface area contributed by atoms with Gasteiger partial charge in [-0.25, -0.2) is 0 Å². The highest BCUT2D eigenvalue weighted by atomic mass is 16.5. The maximum absolute atomic E-state index is 9.54. The summed E-state index contributed by atoms with van der Waals surface area (Å²) in [5, 5.41) is 9.54. The minimum atomic E-state index is -0.110. The Morgan fingerprint density at radius 2 is 2.36 bits per heavy atom. The molecule has 3 unspecified atom stereocenters. The van der Waals surface area contributed by atoms with Crippen molar-refractivity contribution < 1.29 is 9.84 Å². The molecule has 0 aromatic heterocycles. The molecule has 66 valence electrons. The summed E-state index contributed by atoms with van der Waals surface area (Å²) in [6, 6.07) is 0. The van der Waals surface area contributed by atoms with Crippen LogP contribution in [0.5, 0.6) is 0 Å². The van der Waals surface area contributed by atoms with Crippen LogP contribution in [0.1, 0.15) is 33.1 Å². The Morgan fingerprint density at radius 1 is 1.64 bits per heavy atom. The summed E-state index contributed by atoms with van der Waals surface area (Å²) in [7, 11) is 0. The van der Waals surface area contributed by atoms with Crippen molar-refractivity contribution in [1.82, 2.24) is 0 Å². The Morgan fingerprint density at radius 3 is 2.91 bits per heavy atom. The fraction of sp³-hybridized carbons (Fsp3) is 1.00. The molecule has 0 radical (unpaired) electrons. The Hall–Kier alpha value is -0.0800. The van der Waals surface area contributed by atoms with Gasteiger partial charge in [0.25, 0.3) is 0 Å². The molecule has 1 aliphatic rings. The number of ether oxygens (including phenoxy) is 1. The lowest BCUT2D eigenvalue weighted by Crippen LogP contribution is -2.30. The summed E-state index contributed by atoms with van der Waals surface area (Å²) < 4.78 is 5.39. The van der Waals surface area contributed by atoms with Crippen molar-refractivity contribution in [3.8, 4) is 0 Å². The molecule has 0 amide bonds. The zero-order chi connectivity index (χ0) is 8.27. The first-order chi connectivity index (χ1) is 5.24. The molecular formula is C9H18O2. The fourth-order valence-corrected chi connectivity index (χ4v) is 1.72. The maximum atomic E-state index is 9.54. The van der Waals surface area contributed by atoms with Crippen molar-refractivity contribution in [2.45, 2.75) is 45.3 Å². The predicted molar refractivity (Wildman–Crippen MR) is 44.4 cm³/mol. The molecular weight excluding hydrogens is 140 g/mol. The van der Waals surface area contributed by atoms with E-state index in [0.29, 0.717) is 12.0 Å². The molecule has 3 atom stereocenters. The molecule has 1 saturated heterocycles. The van der Waals surface area contributed by atoms with Crippen molar-refractivity contribution in [3.63, 3.8) is 0 Å². The molecule has 1 N–H and O–H groups in total. The van der Waals surface area contributed by atoms with Crippen molar-refractivity contribution in [2.75, 3.05) is 6.61 Å². The van der Waals surface area contributed by atoms with Gasteiger partial charge < -0.3 is 9.84 Å². The second kappa shape index (κ2) is 4.07. The number of hydrogen-bond acceptors (Lipinski definition) is 2. The lowest BCUT2D eigenvalue weighted by atomic mass is 9.90. The molecule has 1 aliphatic heterocycles. The van der Waals surface area contributed by atoms with Gasteiger partial charge in [0.2, 0.25) is 0 Å². The average molecular weight is 158 g/mol. The van der Waals surface area contributed by atoms with E-state index >= 15 is 0 Å². The van der Waals surface area contributed by atoms with E-state index in [-0.39, 0.29) is 6.10 Å². The van der Waals surface area contributed by atoms with E-state index in [0.717, 1.165) is 25.9 Å². The van der Waals surface area contributed by atoms with E-state index in [9.17, 15) is 5.11 Å². The quantitative estimate of drug-likeness (QED) is 0.661. The molecule has 2 nitrogen and oxygen atoms in total. The van der Waals surface area contributed by atoms with Crippen molar-refractivity contribution in [1.29, 1.82) is 0 Å². The van der Waals surface area contributed by atoms with Gasteiger partial charge in [-0.2, -0.15) is 0 Å². The highest BCUT2D eigenvalue weighted by Crippen LogP contribution is 2.24. The fourth-order valence-electron chi connectivity index (χ4n) is 1.72. The van der Waals surface area contributed by atoms with Crippen LogP contribution in [0, 0.1) is 5.92 Å². The Bertz CT molecular complexity index is 114. The molecule has 0 aromatic carbocycles. The number of hydrogen-bond donors (Lipinski definition) is 1. The van der Waals surface area contributed by atoms with E-state index < -0.39 is 0 Å². The zero-order valence-electron chi connectivity index (χ0n) is 7.42. The summed E-state index contributed by atoms with van der Waals surface area (Å²) in [4.78, 5) is 0. The zero-order valence-corrected chi connectivity index (χ0v) is 7.42. The van der Waals surface area contributed by atoms with Gasteiger partial charge in [0.05, 0.1) is 12.2 Å². The van der Waals surface area contributed by atoms with Crippen LogP contribution in [-0.4, -0.2) is 23.9 Å². The van der Waals surface area contributed by atoms with E-state index in [2.05, 4.69) is 6.92 Å². The van der Waals surface area contributed by atoms with Crippen molar-refractivity contribution in [3.05, 3.63) is 0 Å². The van der Waals surface area contributed by atoms with Crippen molar-refractivity contribution in [2.24, 2.45) is 5.92 Å². The van der Waals surface area contributed by atoms with Gasteiger partial charge in [-0.1, -0.05) is 6.92 Å². The molecule has 0 aliphatic carbocycles. The monoisotopic (exact) mass is 158 g/mol. The Balaban J connectivity index is 2.33. The third kappa shape index (κ3) is 2.46. The summed E-state index contributed by atoms with van der Waals surface area (Å²) in [5.74, 6) is 0.476. The molecule has 11 heavy (non-hydrogen) atoms. The molecule has 0 spiro atoms. The first-order valence-electron chi connectivity index (χ1n) is 4.53. The standard InChI is InChI=1S/C9H18O2/c1-3-9(10)8-4-5-11-7(2)6-8/h7-10H,3-6H2,1-2H3. The first-order valence-corrected chi connectivity index (χ1v) is 4.53. The number of aliphatic hydroxyl groups excluding tert-OH is 1. The maximum Gasteiger partial charge on any atom is 0.0567 e. The largest absolute Gasteiger partial charge is 0.393 e. The normalized spacial score (nSPS) is 35.2. The summed E-state index contributed by atoms with van der Waals surface area (Å²) >= 11 is 0. The van der Waals surface area contributed by atoms with Crippen LogP contribution in [0.25, 0.3) is 0 Å². The van der Waals surface area contributed by atoms with Crippen LogP contribution < -0.4 is 0 Å². The molecule has 0 saturated carbocycles. The third-order valence-electron chi connectivity index (χ3n) is 2.49. The van der Waals surface area contributed by atoms with E-state index in [4.69, 9.17) is 4.74 Å². The smallest absolute Gasteiger partial charge is 0.0567 e. The highest BCUT2D eigenvalue weighted by Gasteiger charge is 2.24. The minimum absolute atomic E-state index is 0.110. The molecule has 2 heteroatoms. The van der Waals surface area contributed by atoms with Crippen molar-refractivity contribution >= 4 is 0 Å². The lowest BCUT2D eigenvalue weighted by Gasteiger charge is -2.30. The Kier molecular flexibility index (Phi) is 3.34. The Labute approximate surface area is 68.6 Å². The predicted octanol–water partition coefficient (Wildman–Crippen LogP) is 1.57. The van der Waals surface area contributed by atoms with Crippen LogP contribution in [0.15, 0.2) is 0 Å². The van der Waals surface area contributed by atoms with Gasteiger partial charge in [-0.15, -0.1) is 0 Å². The summed E-state index contributed by atoms with van der Waals surface area (Å²) in [5.41, 5.74) is 0. The highest BCUT2D eigenvalue weighted by molar-refractivity contribution is 4.74. The third-order valence-corrected chi connectivity index (χ3v) is 2.49. The summed E-state index contributed by atoms with van der Waals surface area (Å²) in [6.45, 7) is 4.93. The average Bonchev–Trinajstić information content (AvgIpc) is 2.03. The second-order valence-corrected chi connectivity index (χ2v) is 3.44. The van der Waals surface area contributed by atoms with Crippen LogP contribution in [0.2, 0.25) is 0 Å². The topological polar surface area (TPSA) is 29.5 Å². The van der Waals surface area contributed by atoms with Gasteiger partial charge >= 0.3 is 0 Å². The molecule has 1 fully saturated rings. The first kappa shape index (κ1) is 9.01. The summed E-state index contributed by atoms with van der Waals surface area (Å²) in [6.07, 6.45) is 3.16. The second-order valence-electron chi connectivity index (χ2n) is 3.44. The lowest BCUT2D eigenvalue weighted by molar-refractivity contribution is -0.0357. The van der Waals surface area contributed by atoms with Crippen LogP contribution in [-0.2, 0) is 4.74 Å². The molecule has 0 aromatic rings. The minimum Gasteiger partial charge on any atom is -0.393 e. The van der Waals surface area contributed by atoms with Crippen LogP contribution >= 0.6 is 0 Å². The van der Waals surface area contributed by atoms with Gasteiger partial charge in [0, 0.05) is 6.61 Å². The number of rotatable bonds is 2. The van der Waals surface area contributed by atoms with Gasteiger partial charge in [0.15, 0.2) is 0 Å². The van der Waals surface area contributed by atoms with Gasteiger partial charge in [-0.3, -0.25) is 0 Å².